The van der Waals surface area contributed by atoms with Crippen molar-refractivity contribution in [2.24, 2.45) is 5.92 Å². The van der Waals surface area contributed by atoms with Gasteiger partial charge in [0.1, 0.15) is 12.2 Å². The Morgan fingerprint density at radius 3 is 2.07 bits per heavy atom. The molecule has 3 aromatic rings. The number of hydrogen-bond acceptors (Lipinski definition) is 3. The average molecular weight is 376 g/mol. The molecule has 27 heavy (non-hydrogen) atoms. The predicted molar refractivity (Wildman–Crippen MR) is 104 cm³/mol. The highest BCUT2D eigenvalue weighted by Gasteiger charge is 2.62. The highest BCUT2D eigenvalue weighted by Crippen LogP contribution is 2.63. The predicted octanol–water partition coefficient (Wildman–Crippen LogP) is 5.64. The van der Waals surface area contributed by atoms with Gasteiger partial charge < -0.3 is 4.74 Å². The minimum atomic E-state index is -0.0186. The van der Waals surface area contributed by atoms with Crippen LogP contribution >= 0.6 is 11.6 Å². The summed E-state index contributed by atoms with van der Waals surface area (Å²) < 4.78 is 6.39. The van der Waals surface area contributed by atoms with Crippen LogP contribution in [0.25, 0.3) is 0 Å². The Morgan fingerprint density at radius 2 is 1.33 bits per heavy atom. The summed E-state index contributed by atoms with van der Waals surface area (Å²) in [5.74, 6) is 0.199. The summed E-state index contributed by atoms with van der Waals surface area (Å²) in [6.45, 7) is 0. The molecule has 134 valence electrons. The first-order chi connectivity index (χ1) is 13.3. The monoisotopic (exact) mass is 375 g/mol. The molecule has 0 N–H and O–H groups in total. The van der Waals surface area contributed by atoms with E-state index in [1.165, 1.54) is 11.1 Å². The Labute approximate surface area is 163 Å². The molecule has 0 spiro atoms. The number of ether oxygens (including phenoxy) is 1. The molecule has 3 nitrogen and oxygen atoms in total. The lowest BCUT2D eigenvalue weighted by Crippen LogP contribution is -2.27. The maximum atomic E-state index is 6.63. The zero-order valence-electron chi connectivity index (χ0n) is 14.5. The maximum absolute atomic E-state index is 6.63. The van der Waals surface area contributed by atoms with Gasteiger partial charge in [-0.2, -0.15) is 0 Å². The third kappa shape index (κ3) is 2.16. The van der Waals surface area contributed by atoms with Gasteiger partial charge >= 0.3 is 0 Å². The fraction of sp³-hybridized carbons (Fsp3) is 0.217. The van der Waals surface area contributed by atoms with E-state index in [-0.39, 0.29) is 30.3 Å². The van der Waals surface area contributed by atoms with Gasteiger partial charge in [0.2, 0.25) is 0 Å². The Kier molecular flexibility index (Phi) is 3.39. The number of para-hydroxylation sites is 1. The molecule has 0 amide bonds. The van der Waals surface area contributed by atoms with E-state index in [2.05, 4.69) is 42.5 Å². The van der Waals surface area contributed by atoms with E-state index in [9.17, 15) is 0 Å². The van der Waals surface area contributed by atoms with Crippen LogP contribution in [-0.4, -0.2) is 6.10 Å². The molecular weight excluding hydrogens is 358 g/mol. The van der Waals surface area contributed by atoms with Crippen molar-refractivity contribution < 1.29 is 9.57 Å². The molecule has 0 radical (unpaired) electrons. The first kappa shape index (κ1) is 15.7. The number of hydroxylamine groups is 1. The quantitative estimate of drug-likeness (QED) is 0.578. The Bertz CT molecular complexity index is 1010. The highest BCUT2D eigenvalue weighted by molar-refractivity contribution is 6.31. The summed E-state index contributed by atoms with van der Waals surface area (Å²) in [4.78, 5) is 6.53. The number of nitrogens with zero attached hydrogens (tertiary/aromatic N) is 1. The van der Waals surface area contributed by atoms with E-state index < -0.39 is 0 Å². The zero-order valence-corrected chi connectivity index (χ0v) is 15.3. The van der Waals surface area contributed by atoms with Gasteiger partial charge in [-0.05, 0) is 34.9 Å². The van der Waals surface area contributed by atoms with Gasteiger partial charge in [-0.15, -0.1) is 0 Å². The molecule has 2 saturated heterocycles. The van der Waals surface area contributed by atoms with Gasteiger partial charge in [0.25, 0.3) is 0 Å². The molecule has 0 aliphatic carbocycles. The van der Waals surface area contributed by atoms with Crippen molar-refractivity contribution in [1.29, 1.82) is 0 Å². The normalized spacial score (nSPS) is 30.4. The minimum absolute atomic E-state index is 0.00798. The summed E-state index contributed by atoms with van der Waals surface area (Å²) in [6, 6.07) is 26.9. The Balaban J connectivity index is 1.51. The third-order valence-corrected chi connectivity index (χ3v) is 6.36. The molecule has 4 heteroatoms. The van der Waals surface area contributed by atoms with Crippen molar-refractivity contribution in [1.82, 2.24) is 0 Å². The largest absolute Gasteiger partial charge is 0.362 e. The van der Waals surface area contributed by atoms with Gasteiger partial charge in [0.05, 0.1) is 17.8 Å². The molecule has 3 aliphatic heterocycles. The molecule has 0 saturated carbocycles. The first-order valence-electron chi connectivity index (χ1n) is 9.33. The van der Waals surface area contributed by atoms with Crippen molar-refractivity contribution in [3.8, 4) is 0 Å². The molecule has 3 heterocycles. The third-order valence-electron chi connectivity index (χ3n) is 6.02. The van der Waals surface area contributed by atoms with Gasteiger partial charge in [0, 0.05) is 10.9 Å². The standard InChI is InChI=1S/C23H18ClNO2/c24-18-13-7-6-12-17(18)20-19-21-15-10-4-5-11-16(15)22(26-21)23(19)27-25(20)14-8-2-1-3-9-14/h1-13,19-23H/t19-,20+,21-,22+,23-/m1/s1. The number of anilines is 1. The van der Waals surface area contributed by atoms with Crippen LogP contribution in [0.3, 0.4) is 0 Å². The zero-order chi connectivity index (χ0) is 18.0. The molecule has 2 fully saturated rings. The van der Waals surface area contributed by atoms with E-state index in [4.69, 9.17) is 21.2 Å². The van der Waals surface area contributed by atoms with Gasteiger partial charge in [-0.1, -0.05) is 72.3 Å². The summed E-state index contributed by atoms with van der Waals surface area (Å²) in [5, 5.41) is 2.81. The van der Waals surface area contributed by atoms with Gasteiger partial charge in [-0.25, -0.2) is 5.06 Å². The van der Waals surface area contributed by atoms with Crippen LogP contribution in [0.2, 0.25) is 5.02 Å². The second-order valence-corrected chi connectivity index (χ2v) is 7.79. The topological polar surface area (TPSA) is 21.7 Å². The SMILES string of the molecule is Clc1ccccc1[C@H]1[C@H]2[C@@H](ON1c1ccccc1)[C@H]1O[C@@H]2c2ccccc21. The van der Waals surface area contributed by atoms with E-state index >= 15 is 0 Å². The van der Waals surface area contributed by atoms with Crippen LogP contribution in [0.4, 0.5) is 5.69 Å². The van der Waals surface area contributed by atoms with E-state index in [0.29, 0.717) is 0 Å². The van der Waals surface area contributed by atoms with Crippen LogP contribution in [0, 0.1) is 5.92 Å². The Morgan fingerprint density at radius 1 is 0.704 bits per heavy atom. The molecule has 2 bridgehead atoms. The first-order valence-corrected chi connectivity index (χ1v) is 9.70. The molecule has 5 atom stereocenters. The second-order valence-electron chi connectivity index (χ2n) is 7.38. The van der Waals surface area contributed by atoms with E-state index in [1.807, 2.05) is 41.5 Å². The van der Waals surface area contributed by atoms with Crippen molar-refractivity contribution in [2.45, 2.75) is 24.4 Å². The summed E-state index contributed by atoms with van der Waals surface area (Å²) in [5.41, 5.74) is 4.68. The molecule has 3 aliphatic rings. The van der Waals surface area contributed by atoms with Crippen LogP contribution in [-0.2, 0) is 9.57 Å². The smallest absolute Gasteiger partial charge is 0.124 e. The number of hydrogen-bond donors (Lipinski definition) is 0. The van der Waals surface area contributed by atoms with Gasteiger partial charge in [0.15, 0.2) is 0 Å². The van der Waals surface area contributed by atoms with Crippen LogP contribution in [0.5, 0.6) is 0 Å². The maximum Gasteiger partial charge on any atom is 0.124 e. The number of halogens is 1. The van der Waals surface area contributed by atoms with E-state index in [0.717, 1.165) is 16.3 Å². The molecule has 3 aromatic carbocycles. The molecule has 0 unspecified atom stereocenters. The lowest BCUT2D eigenvalue weighted by molar-refractivity contribution is -0.0148. The second kappa shape index (κ2) is 5.83. The van der Waals surface area contributed by atoms with Crippen LogP contribution < -0.4 is 5.06 Å². The Hall–Kier alpha value is -2.33. The number of fused-ring (bicyclic) bond motifs is 8. The lowest BCUT2D eigenvalue weighted by Gasteiger charge is -2.30. The number of benzene rings is 3. The van der Waals surface area contributed by atoms with Crippen molar-refractivity contribution in [3.05, 3.63) is 101 Å². The summed E-state index contributed by atoms with van der Waals surface area (Å²) in [7, 11) is 0. The van der Waals surface area contributed by atoms with Crippen LogP contribution in [0.15, 0.2) is 78.9 Å². The molecular formula is C23H18ClNO2. The lowest BCUT2D eigenvalue weighted by atomic mass is 9.77. The fourth-order valence-electron chi connectivity index (χ4n) is 4.93. The van der Waals surface area contributed by atoms with Crippen molar-refractivity contribution in [2.75, 3.05) is 5.06 Å². The van der Waals surface area contributed by atoms with Crippen molar-refractivity contribution >= 4 is 17.3 Å². The summed E-state index contributed by atoms with van der Waals surface area (Å²) in [6.07, 6.45) is 0.00691. The minimum Gasteiger partial charge on any atom is -0.362 e. The van der Waals surface area contributed by atoms with E-state index in [1.54, 1.807) is 0 Å². The average Bonchev–Trinajstić information content (AvgIpc) is 3.38. The fourth-order valence-corrected chi connectivity index (χ4v) is 5.18. The molecule has 6 rings (SSSR count). The van der Waals surface area contributed by atoms with Crippen LogP contribution in [0.1, 0.15) is 34.9 Å². The van der Waals surface area contributed by atoms with Gasteiger partial charge in [-0.3, -0.25) is 4.84 Å². The van der Waals surface area contributed by atoms with Crippen molar-refractivity contribution in [3.63, 3.8) is 0 Å². The number of rotatable bonds is 2. The molecule has 0 aromatic heterocycles. The highest BCUT2D eigenvalue weighted by atomic mass is 35.5. The summed E-state index contributed by atoms with van der Waals surface area (Å²) >= 11 is 6.63.